The first-order valence-electron chi connectivity index (χ1n) is 8.89. The van der Waals surface area contributed by atoms with Crippen molar-refractivity contribution in [1.82, 2.24) is 4.98 Å². The number of thiazole rings is 1. The summed E-state index contributed by atoms with van der Waals surface area (Å²) in [4.78, 5) is 30.1. The third-order valence-corrected chi connectivity index (χ3v) is 5.79. The summed E-state index contributed by atoms with van der Waals surface area (Å²) in [5, 5.41) is 11.6. The number of aryl methyl sites for hydroxylation is 2. The van der Waals surface area contributed by atoms with Crippen LogP contribution >= 0.6 is 11.3 Å². The number of nitro benzene ring substituents is 1. The molecule has 2 aromatic carbocycles. The van der Waals surface area contributed by atoms with Crippen molar-refractivity contribution in [3.8, 4) is 0 Å². The van der Waals surface area contributed by atoms with Crippen LogP contribution in [-0.4, -0.2) is 15.8 Å². The maximum absolute atomic E-state index is 13.3. The average molecular weight is 407 g/mol. The normalized spacial score (nSPS) is 11.0. The molecule has 0 aliphatic carbocycles. The molecule has 0 unspecified atom stereocenters. The van der Waals surface area contributed by atoms with E-state index in [1.165, 1.54) is 40.7 Å². The van der Waals surface area contributed by atoms with E-state index in [0.717, 1.165) is 21.3 Å². The van der Waals surface area contributed by atoms with Gasteiger partial charge in [0.1, 0.15) is 5.76 Å². The smallest absolute Gasteiger partial charge is 0.270 e. The van der Waals surface area contributed by atoms with Gasteiger partial charge in [-0.15, -0.1) is 0 Å². The van der Waals surface area contributed by atoms with Gasteiger partial charge in [0.05, 0.1) is 27.9 Å². The third kappa shape index (κ3) is 3.62. The van der Waals surface area contributed by atoms with Crippen LogP contribution in [0, 0.1) is 24.0 Å². The summed E-state index contributed by atoms with van der Waals surface area (Å²) >= 11 is 1.40. The molecule has 4 aromatic rings. The van der Waals surface area contributed by atoms with Gasteiger partial charge in [-0.3, -0.25) is 19.8 Å². The highest BCUT2D eigenvalue weighted by Gasteiger charge is 2.24. The first kappa shape index (κ1) is 18.8. The predicted molar refractivity (Wildman–Crippen MR) is 111 cm³/mol. The summed E-state index contributed by atoms with van der Waals surface area (Å²) in [5.74, 6) is 0.217. The maximum atomic E-state index is 13.3. The first-order chi connectivity index (χ1) is 13.9. The average Bonchev–Trinajstić information content (AvgIpc) is 3.38. The SMILES string of the molecule is Cc1ccc2sc(N(Cc3ccco3)C(=O)c3cccc([N+](=O)[O-])c3)nc2c1C. The lowest BCUT2D eigenvalue weighted by molar-refractivity contribution is -0.384. The zero-order chi connectivity index (χ0) is 20.5. The lowest BCUT2D eigenvalue weighted by atomic mass is 10.1. The lowest BCUT2D eigenvalue weighted by Crippen LogP contribution is -2.30. The van der Waals surface area contributed by atoms with E-state index in [1.54, 1.807) is 18.2 Å². The van der Waals surface area contributed by atoms with E-state index in [9.17, 15) is 14.9 Å². The van der Waals surface area contributed by atoms with E-state index in [2.05, 4.69) is 0 Å². The molecule has 146 valence electrons. The molecule has 0 bridgehead atoms. The summed E-state index contributed by atoms with van der Waals surface area (Å²) in [6, 6.07) is 13.2. The van der Waals surface area contributed by atoms with Crippen molar-refractivity contribution in [2.24, 2.45) is 0 Å². The quantitative estimate of drug-likeness (QED) is 0.332. The molecular formula is C21H17N3O4S. The van der Waals surface area contributed by atoms with Crippen LogP contribution in [0.25, 0.3) is 10.2 Å². The molecule has 2 heterocycles. The molecule has 1 amide bonds. The Labute approximate surface area is 170 Å². The summed E-state index contributed by atoms with van der Waals surface area (Å²) in [5.41, 5.74) is 3.12. The van der Waals surface area contributed by atoms with E-state index in [0.29, 0.717) is 10.9 Å². The number of benzene rings is 2. The first-order valence-corrected chi connectivity index (χ1v) is 9.71. The minimum Gasteiger partial charge on any atom is -0.467 e. The zero-order valence-electron chi connectivity index (χ0n) is 15.8. The summed E-state index contributed by atoms with van der Waals surface area (Å²) < 4.78 is 6.40. The van der Waals surface area contributed by atoms with Gasteiger partial charge in [0.2, 0.25) is 0 Å². The topological polar surface area (TPSA) is 89.5 Å². The molecule has 0 aliphatic rings. The molecule has 0 spiro atoms. The highest BCUT2D eigenvalue weighted by molar-refractivity contribution is 7.22. The van der Waals surface area contributed by atoms with Crippen LogP contribution in [0.3, 0.4) is 0 Å². The van der Waals surface area contributed by atoms with Gasteiger partial charge >= 0.3 is 0 Å². The maximum Gasteiger partial charge on any atom is 0.270 e. The standard InChI is InChI=1S/C21H17N3O4S/c1-13-8-9-18-19(14(13)2)22-21(29-18)23(12-17-7-4-10-28-17)20(25)15-5-3-6-16(11-15)24(26)27/h3-11H,12H2,1-2H3. The number of furan rings is 1. The molecule has 4 rings (SSSR count). The van der Waals surface area contributed by atoms with E-state index < -0.39 is 4.92 Å². The highest BCUT2D eigenvalue weighted by atomic mass is 32.1. The van der Waals surface area contributed by atoms with Gasteiger partial charge in [0.15, 0.2) is 5.13 Å². The molecule has 8 heteroatoms. The largest absolute Gasteiger partial charge is 0.467 e. The number of hydrogen-bond donors (Lipinski definition) is 0. The van der Waals surface area contributed by atoms with E-state index in [-0.39, 0.29) is 23.7 Å². The number of nitro groups is 1. The molecule has 2 aromatic heterocycles. The van der Waals surface area contributed by atoms with Gasteiger partial charge in [-0.25, -0.2) is 4.98 Å². The Morgan fingerprint density at radius 1 is 1.21 bits per heavy atom. The van der Waals surface area contributed by atoms with Crippen LogP contribution in [0.4, 0.5) is 10.8 Å². The second kappa shape index (κ2) is 7.48. The highest BCUT2D eigenvalue weighted by Crippen LogP contribution is 2.33. The Hall–Kier alpha value is -3.52. The van der Waals surface area contributed by atoms with Crippen molar-refractivity contribution in [2.45, 2.75) is 20.4 Å². The van der Waals surface area contributed by atoms with Crippen molar-refractivity contribution in [3.05, 3.63) is 87.4 Å². The molecule has 0 saturated carbocycles. The third-order valence-electron chi connectivity index (χ3n) is 4.75. The Morgan fingerprint density at radius 2 is 2.03 bits per heavy atom. The number of carbonyl (C=O) groups excluding carboxylic acids is 1. The minimum atomic E-state index is -0.516. The fourth-order valence-corrected chi connectivity index (χ4v) is 4.05. The Bertz CT molecular complexity index is 1210. The number of hydrogen-bond acceptors (Lipinski definition) is 6. The summed E-state index contributed by atoms with van der Waals surface area (Å²) in [7, 11) is 0. The van der Waals surface area contributed by atoms with Gasteiger partial charge in [-0.2, -0.15) is 0 Å². The van der Waals surface area contributed by atoms with Crippen LogP contribution in [0.5, 0.6) is 0 Å². The number of carbonyl (C=O) groups is 1. The number of aromatic nitrogens is 1. The van der Waals surface area contributed by atoms with E-state index in [1.807, 2.05) is 26.0 Å². The van der Waals surface area contributed by atoms with Crippen LogP contribution in [0.15, 0.2) is 59.2 Å². The molecule has 0 fully saturated rings. The fraction of sp³-hybridized carbons (Fsp3) is 0.143. The van der Waals surface area contributed by atoms with Crippen molar-refractivity contribution in [3.63, 3.8) is 0 Å². The molecular weight excluding hydrogens is 390 g/mol. The van der Waals surface area contributed by atoms with Gasteiger partial charge in [0.25, 0.3) is 11.6 Å². The van der Waals surface area contributed by atoms with E-state index >= 15 is 0 Å². The van der Waals surface area contributed by atoms with Gasteiger partial charge in [0, 0.05) is 17.7 Å². The fourth-order valence-electron chi connectivity index (χ4n) is 3.02. The molecule has 7 nitrogen and oxygen atoms in total. The minimum absolute atomic E-state index is 0.135. The van der Waals surface area contributed by atoms with Crippen molar-refractivity contribution in [1.29, 1.82) is 0 Å². The van der Waals surface area contributed by atoms with Crippen LogP contribution in [0.2, 0.25) is 0 Å². The monoisotopic (exact) mass is 407 g/mol. The van der Waals surface area contributed by atoms with Crippen LogP contribution < -0.4 is 4.90 Å². The summed E-state index contributed by atoms with van der Waals surface area (Å²) in [6.45, 7) is 4.19. The second-order valence-electron chi connectivity index (χ2n) is 6.63. The number of rotatable bonds is 5. The molecule has 0 aliphatic heterocycles. The van der Waals surface area contributed by atoms with Gasteiger partial charge < -0.3 is 4.42 Å². The number of nitrogens with zero attached hydrogens (tertiary/aromatic N) is 3. The Kier molecular flexibility index (Phi) is 4.85. The predicted octanol–water partition coefficient (Wildman–Crippen LogP) is 5.26. The Morgan fingerprint density at radius 3 is 2.76 bits per heavy atom. The molecule has 0 radical (unpaired) electrons. The van der Waals surface area contributed by atoms with Crippen LogP contribution in [-0.2, 0) is 6.54 Å². The molecule has 0 atom stereocenters. The number of amides is 1. The van der Waals surface area contributed by atoms with Crippen molar-refractivity contribution < 1.29 is 14.1 Å². The van der Waals surface area contributed by atoms with E-state index in [4.69, 9.17) is 9.40 Å². The second-order valence-corrected chi connectivity index (χ2v) is 7.64. The number of non-ortho nitro benzene ring substituents is 1. The lowest BCUT2D eigenvalue weighted by Gasteiger charge is -2.18. The number of fused-ring (bicyclic) bond motifs is 1. The van der Waals surface area contributed by atoms with Gasteiger partial charge in [-0.05, 0) is 49.2 Å². The Balaban J connectivity index is 1.80. The molecule has 0 saturated heterocycles. The molecule has 0 N–H and O–H groups in total. The van der Waals surface area contributed by atoms with Crippen molar-refractivity contribution in [2.75, 3.05) is 4.90 Å². The van der Waals surface area contributed by atoms with Crippen molar-refractivity contribution >= 4 is 38.3 Å². The zero-order valence-corrected chi connectivity index (χ0v) is 16.6. The number of anilines is 1. The summed E-state index contributed by atoms with van der Waals surface area (Å²) in [6.07, 6.45) is 1.54. The van der Waals surface area contributed by atoms with Crippen LogP contribution in [0.1, 0.15) is 27.2 Å². The van der Waals surface area contributed by atoms with Gasteiger partial charge in [-0.1, -0.05) is 23.5 Å². The molecule has 29 heavy (non-hydrogen) atoms.